The van der Waals surface area contributed by atoms with Crippen molar-refractivity contribution in [2.45, 2.75) is 26.7 Å². The summed E-state index contributed by atoms with van der Waals surface area (Å²) in [5.74, 6) is 0.687. The second-order valence-electron chi connectivity index (χ2n) is 2.71. The van der Waals surface area contributed by atoms with Gasteiger partial charge in [0.15, 0.2) is 0 Å². The van der Waals surface area contributed by atoms with E-state index in [1.54, 1.807) is 0 Å². The van der Waals surface area contributed by atoms with Gasteiger partial charge in [-0.1, -0.05) is 44.1 Å². The molecule has 10 heavy (non-hydrogen) atoms. The number of hydrogen-bond donors (Lipinski definition) is 0. The Hall–Kier alpha value is 0.363. The van der Waals surface area contributed by atoms with E-state index in [0.29, 0.717) is 5.92 Å². The van der Waals surface area contributed by atoms with Crippen LogP contribution in [-0.2, 0) is 26.2 Å². The Bertz CT molecular complexity index is 145. The van der Waals surface area contributed by atoms with Crippen molar-refractivity contribution in [1.29, 1.82) is 0 Å². The van der Waals surface area contributed by atoms with Crippen LogP contribution in [0.15, 0.2) is 23.8 Å². The zero-order valence-corrected chi connectivity index (χ0v) is 9.18. The number of rotatable bonds is 2. The largest absolute Gasteiger partial charge is 0.0776 e. The van der Waals surface area contributed by atoms with Crippen LogP contribution < -0.4 is 0 Å². The Morgan fingerprint density at radius 3 is 2.60 bits per heavy atom. The molecule has 0 aromatic rings. The SMILES string of the molecule is CCCC1=CC(C)C=C1.[Zr]. The van der Waals surface area contributed by atoms with Crippen molar-refractivity contribution in [1.82, 2.24) is 0 Å². The van der Waals surface area contributed by atoms with Crippen molar-refractivity contribution in [2.24, 2.45) is 5.92 Å². The van der Waals surface area contributed by atoms with Crippen LogP contribution in [0.3, 0.4) is 0 Å². The standard InChI is InChI=1S/C9H14.Zr/c1-3-4-9-6-5-8(2)7-9;/h5-8H,3-4H2,1-2H3;. The molecule has 54 valence electrons. The minimum Gasteiger partial charge on any atom is -0.0776 e. The molecular formula is C9H14Zr. The van der Waals surface area contributed by atoms with Gasteiger partial charge in [0, 0.05) is 26.2 Å². The van der Waals surface area contributed by atoms with E-state index >= 15 is 0 Å². The van der Waals surface area contributed by atoms with E-state index in [-0.39, 0.29) is 26.2 Å². The summed E-state index contributed by atoms with van der Waals surface area (Å²) < 4.78 is 0. The molecule has 0 aromatic carbocycles. The van der Waals surface area contributed by atoms with Gasteiger partial charge >= 0.3 is 0 Å². The van der Waals surface area contributed by atoms with Crippen molar-refractivity contribution >= 4 is 0 Å². The number of hydrogen-bond acceptors (Lipinski definition) is 0. The topological polar surface area (TPSA) is 0 Å². The van der Waals surface area contributed by atoms with Gasteiger partial charge in [-0.05, 0) is 12.3 Å². The van der Waals surface area contributed by atoms with Crippen LogP contribution >= 0.6 is 0 Å². The fraction of sp³-hybridized carbons (Fsp3) is 0.556. The molecule has 0 bridgehead atoms. The summed E-state index contributed by atoms with van der Waals surface area (Å²) in [6, 6.07) is 0. The van der Waals surface area contributed by atoms with Crippen LogP contribution in [0.25, 0.3) is 0 Å². The normalized spacial score (nSPS) is 22.2. The molecule has 0 aromatic heterocycles. The Labute approximate surface area is 82.5 Å². The summed E-state index contributed by atoms with van der Waals surface area (Å²) in [4.78, 5) is 0. The van der Waals surface area contributed by atoms with E-state index in [9.17, 15) is 0 Å². The molecule has 1 atom stereocenters. The van der Waals surface area contributed by atoms with Crippen molar-refractivity contribution in [3.63, 3.8) is 0 Å². The first-order valence-corrected chi connectivity index (χ1v) is 3.72. The van der Waals surface area contributed by atoms with E-state index in [1.807, 2.05) is 0 Å². The molecule has 0 saturated heterocycles. The van der Waals surface area contributed by atoms with E-state index in [0.717, 1.165) is 0 Å². The summed E-state index contributed by atoms with van der Waals surface area (Å²) in [7, 11) is 0. The van der Waals surface area contributed by atoms with Crippen molar-refractivity contribution in [3.8, 4) is 0 Å². The molecule has 1 rings (SSSR count). The average Bonchev–Trinajstić information content (AvgIpc) is 2.17. The number of allylic oxidation sites excluding steroid dienone is 4. The molecule has 0 radical (unpaired) electrons. The van der Waals surface area contributed by atoms with Gasteiger partial charge in [0.05, 0.1) is 0 Å². The molecule has 1 aliphatic carbocycles. The summed E-state index contributed by atoms with van der Waals surface area (Å²) in [5.41, 5.74) is 1.52. The van der Waals surface area contributed by atoms with Crippen LogP contribution in [-0.4, -0.2) is 0 Å². The molecule has 0 aliphatic heterocycles. The van der Waals surface area contributed by atoms with Crippen molar-refractivity contribution in [3.05, 3.63) is 23.8 Å². The molecule has 0 spiro atoms. The predicted molar refractivity (Wildman–Crippen MR) is 41.3 cm³/mol. The van der Waals surface area contributed by atoms with Gasteiger partial charge in [-0.3, -0.25) is 0 Å². The quantitative estimate of drug-likeness (QED) is 0.662. The fourth-order valence-electron chi connectivity index (χ4n) is 1.18. The van der Waals surface area contributed by atoms with E-state index < -0.39 is 0 Å². The van der Waals surface area contributed by atoms with Crippen LogP contribution in [0.1, 0.15) is 26.7 Å². The Morgan fingerprint density at radius 1 is 1.50 bits per heavy atom. The molecule has 1 unspecified atom stereocenters. The molecule has 0 fully saturated rings. The third-order valence-corrected chi connectivity index (χ3v) is 1.63. The Kier molecular flexibility index (Phi) is 5.26. The van der Waals surface area contributed by atoms with Crippen LogP contribution in [0.2, 0.25) is 0 Å². The van der Waals surface area contributed by atoms with Gasteiger partial charge < -0.3 is 0 Å². The molecule has 0 saturated carbocycles. The first-order valence-electron chi connectivity index (χ1n) is 3.72. The smallest absolute Gasteiger partial charge is 0 e. The summed E-state index contributed by atoms with van der Waals surface area (Å²) in [6.45, 7) is 4.44. The van der Waals surface area contributed by atoms with Gasteiger partial charge in [-0.2, -0.15) is 0 Å². The second-order valence-corrected chi connectivity index (χ2v) is 2.71. The van der Waals surface area contributed by atoms with Crippen LogP contribution in [0, 0.1) is 5.92 Å². The predicted octanol–water partition coefficient (Wildman–Crippen LogP) is 2.92. The van der Waals surface area contributed by atoms with Gasteiger partial charge in [0.1, 0.15) is 0 Å². The Morgan fingerprint density at radius 2 is 2.20 bits per heavy atom. The zero-order chi connectivity index (χ0) is 6.69. The second kappa shape index (κ2) is 5.07. The minimum atomic E-state index is 0. The van der Waals surface area contributed by atoms with Crippen molar-refractivity contribution < 1.29 is 26.2 Å². The minimum absolute atomic E-state index is 0. The van der Waals surface area contributed by atoms with Crippen molar-refractivity contribution in [2.75, 3.05) is 0 Å². The van der Waals surface area contributed by atoms with Gasteiger partial charge in [-0.15, -0.1) is 0 Å². The zero-order valence-electron chi connectivity index (χ0n) is 6.72. The third-order valence-electron chi connectivity index (χ3n) is 1.63. The molecule has 0 heterocycles. The van der Waals surface area contributed by atoms with Crippen LogP contribution in [0.5, 0.6) is 0 Å². The Balaban J connectivity index is 0.000000810. The maximum Gasteiger partial charge on any atom is 0 e. The summed E-state index contributed by atoms with van der Waals surface area (Å²) in [5, 5.41) is 0. The third kappa shape index (κ3) is 2.97. The van der Waals surface area contributed by atoms with Gasteiger partial charge in [0.25, 0.3) is 0 Å². The molecule has 1 aliphatic rings. The molecule has 0 amide bonds. The first-order chi connectivity index (χ1) is 4.33. The maximum absolute atomic E-state index is 2.34. The molecule has 0 nitrogen and oxygen atoms in total. The average molecular weight is 213 g/mol. The van der Waals surface area contributed by atoms with E-state index in [2.05, 4.69) is 32.1 Å². The van der Waals surface area contributed by atoms with Crippen LogP contribution in [0.4, 0.5) is 0 Å². The molecule has 0 N–H and O–H groups in total. The summed E-state index contributed by atoms with van der Waals surface area (Å²) in [6.07, 6.45) is 9.35. The molecule has 1 heteroatoms. The van der Waals surface area contributed by atoms with Gasteiger partial charge in [0.2, 0.25) is 0 Å². The molecular weight excluding hydrogens is 199 g/mol. The maximum atomic E-state index is 2.34. The van der Waals surface area contributed by atoms with Gasteiger partial charge in [-0.25, -0.2) is 0 Å². The van der Waals surface area contributed by atoms with E-state index in [1.165, 1.54) is 18.4 Å². The fourth-order valence-corrected chi connectivity index (χ4v) is 1.18. The van der Waals surface area contributed by atoms with E-state index in [4.69, 9.17) is 0 Å². The first kappa shape index (κ1) is 10.4. The summed E-state index contributed by atoms with van der Waals surface area (Å²) >= 11 is 0. The monoisotopic (exact) mass is 212 g/mol.